The van der Waals surface area contributed by atoms with Crippen molar-refractivity contribution in [1.82, 2.24) is 9.47 Å². The number of carbonyl (C=O) groups is 1. The number of ether oxygens (including phenoxy) is 1. The Morgan fingerprint density at radius 1 is 0.946 bits per heavy atom. The van der Waals surface area contributed by atoms with Gasteiger partial charge in [0, 0.05) is 62.5 Å². The van der Waals surface area contributed by atoms with Gasteiger partial charge in [-0.2, -0.15) is 0 Å². The number of aryl methyl sites for hydroxylation is 3. The fourth-order valence-corrected chi connectivity index (χ4v) is 5.70. The van der Waals surface area contributed by atoms with E-state index in [1.54, 1.807) is 6.07 Å². The summed E-state index contributed by atoms with van der Waals surface area (Å²) in [4.78, 5) is 31.5. The third kappa shape index (κ3) is 5.64. The first-order valence-corrected chi connectivity index (χ1v) is 13.5. The molecule has 6 nitrogen and oxygen atoms in total. The van der Waals surface area contributed by atoms with E-state index in [1.807, 2.05) is 30.0 Å². The second kappa shape index (κ2) is 11.3. The molecule has 1 amide bonds. The molecule has 0 aliphatic carbocycles. The average molecular weight is 500 g/mol. The largest absolute Gasteiger partial charge is 0.376 e. The molecular formula is C31H37N3O3. The highest BCUT2D eigenvalue weighted by molar-refractivity contribution is 5.95. The first kappa shape index (κ1) is 25.3. The maximum absolute atomic E-state index is 13.9. The number of amides is 1. The Hall–Kier alpha value is -3.38. The quantitative estimate of drug-likeness (QED) is 0.484. The molecule has 2 fully saturated rings. The van der Waals surface area contributed by atoms with E-state index in [0.717, 1.165) is 50.3 Å². The molecule has 2 saturated heterocycles. The lowest BCUT2D eigenvalue weighted by atomic mass is 10.0. The lowest BCUT2D eigenvalue weighted by Crippen LogP contribution is -2.50. The summed E-state index contributed by atoms with van der Waals surface area (Å²) in [6.45, 7) is 8.26. The Morgan fingerprint density at radius 2 is 1.68 bits per heavy atom. The van der Waals surface area contributed by atoms with Gasteiger partial charge < -0.3 is 19.1 Å². The van der Waals surface area contributed by atoms with Gasteiger partial charge in [-0.05, 0) is 56.7 Å². The number of rotatable bonds is 7. The Labute approximate surface area is 219 Å². The molecule has 0 unspecified atom stereocenters. The van der Waals surface area contributed by atoms with Gasteiger partial charge in [0.05, 0.1) is 6.10 Å². The molecule has 0 spiro atoms. The topological polar surface area (TPSA) is 54.8 Å². The van der Waals surface area contributed by atoms with Crippen LogP contribution in [0.4, 0.5) is 5.69 Å². The second-order valence-electron chi connectivity index (χ2n) is 10.3. The molecule has 1 atom stereocenters. The predicted octanol–water partition coefficient (Wildman–Crippen LogP) is 4.39. The van der Waals surface area contributed by atoms with Crippen molar-refractivity contribution in [2.45, 2.75) is 52.2 Å². The summed E-state index contributed by atoms with van der Waals surface area (Å²) in [6.07, 6.45) is 3.60. The first-order chi connectivity index (χ1) is 18.0. The maximum Gasteiger partial charge on any atom is 0.259 e. The number of piperazine rings is 1. The van der Waals surface area contributed by atoms with Crippen LogP contribution in [0.15, 0.2) is 65.5 Å². The third-order valence-corrected chi connectivity index (χ3v) is 7.77. The normalized spacial score (nSPS) is 17.8. The number of hydrogen-bond donors (Lipinski definition) is 0. The van der Waals surface area contributed by atoms with Gasteiger partial charge in [-0.15, -0.1) is 0 Å². The second-order valence-corrected chi connectivity index (χ2v) is 10.3. The van der Waals surface area contributed by atoms with Gasteiger partial charge in [0.1, 0.15) is 5.56 Å². The zero-order valence-corrected chi connectivity index (χ0v) is 22.0. The molecule has 194 valence electrons. The summed E-state index contributed by atoms with van der Waals surface area (Å²) in [5.74, 6) is -0.140. The van der Waals surface area contributed by atoms with Gasteiger partial charge in [0.2, 0.25) is 0 Å². The average Bonchev–Trinajstić information content (AvgIpc) is 3.43. The number of nitrogens with zero attached hydrogens (tertiary/aromatic N) is 3. The van der Waals surface area contributed by atoms with E-state index in [1.165, 1.54) is 16.8 Å². The van der Waals surface area contributed by atoms with Gasteiger partial charge in [0.15, 0.2) is 5.43 Å². The van der Waals surface area contributed by atoms with Crippen LogP contribution in [-0.4, -0.2) is 54.3 Å². The number of pyridine rings is 1. The van der Waals surface area contributed by atoms with Crippen LogP contribution in [0.3, 0.4) is 0 Å². The van der Waals surface area contributed by atoms with Crippen molar-refractivity contribution >= 4 is 11.6 Å². The summed E-state index contributed by atoms with van der Waals surface area (Å²) >= 11 is 0. The standard InChI is InChI=1S/C31H37N3O3/c1-23-9-6-7-13-27(23)32-16-18-33(19-17-32)31(36)30-28(15-14-25-10-4-3-5-11-25)34(24(2)21-29(30)35)22-26-12-8-20-37-26/h3-7,9-11,13,21,26H,8,12,14-20,22H2,1-2H3/t26-/m0/s1. The SMILES string of the molecule is Cc1ccccc1N1CCN(C(=O)c2c(CCc3ccccc3)n(C[C@@H]3CCCO3)c(C)cc2=O)CC1. The van der Waals surface area contributed by atoms with Crippen molar-refractivity contribution in [3.63, 3.8) is 0 Å². The number of para-hydroxylation sites is 1. The minimum Gasteiger partial charge on any atom is -0.376 e. The molecule has 2 aliphatic rings. The highest BCUT2D eigenvalue weighted by Crippen LogP contribution is 2.23. The van der Waals surface area contributed by atoms with Crippen molar-refractivity contribution in [2.24, 2.45) is 0 Å². The van der Waals surface area contributed by atoms with Gasteiger partial charge in [-0.25, -0.2) is 0 Å². The number of carbonyl (C=O) groups excluding carboxylic acids is 1. The van der Waals surface area contributed by atoms with Crippen LogP contribution in [0, 0.1) is 13.8 Å². The molecule has 0 N–H and O–H groups in total. The third-order valence-electron chi connectivity index (χ3n) is 7.77. The molecule has 2 aliphatic heterocycles. The molecular weight excluding hydrogens is 462 g/mol. The van der Waals surface area contributed by atoms with Crippen LogP contribution < -0.4 is 10.3 Å². The van der Waals surface area contributed by atoms with E-state index in [9.17, 15) is 9.59 Å². The number of anilines is 1. The fraction of sp³-hybridized carbons (Fsp3) is 0.419. The zero-order chi connectivity index (χ0) is 25.8. The fourth-order valence-electron chi connectivity index (χ4n) is 5.70. The minimum atomic E-state index is -0.171. The molecule has 37 heavy (non-hydrogen) atoms. The zero-order valence-electron chi connectivity index (χ0n) is 22.0. The van der Waals surface area contributed by atoms with Crippen molar-refractivity contribution in [3.8, 4) is 0 Å². The van der Waals surface area contributed by atoms with Crippen molar-refractivity contribution in [3.05, 3.63) is 99.0 Å². The van der Waals surface area contributed by atoms with Crippen molar-refractivity contribution in [1.29, 1.82) is 0 Å². The van der Waals surface area contributed by atoms with Gasteiger partial charge in [0.25, 0.3) is 5.91 Å². The summed E-state index contributed by atoms with van der Waals surface area (Å²) in [7, 11) is 0. The van der Waals surface area contributed by atoms with E-state index >= 15 is 0 Å². The van der Waals surface area contributed by atoms with E-state index in [-0.39, 0.29) is 17.4 Å². The lowest BCUT2D eigenvalue weighted by Gasteiger charge is -2.37. The Balaban J connectivity index is 1.42. The molecule has 0 saturated carbocycles. The van der Waals surface area contributed by atoms with E-state index in [2.05, 4.69) is 52.8 Å². The van der Waals surface area contributed by atoms with E-state index in [0.29, 0.717) is 31.6 Å². The highest BCUT2D eigenvalue weighted by atomic mass is 16.5. The monoisotopic (exact) mass is 499 g/mol. The summed E-state index contributed by atoms with van der Waals surface area (Å²) in [5, 5.41) is 0. The maximum atomic E-state index is 13.9. The van der Waals surface area contributed by atoms with Crippen molar-refractivity contribution < 1.29 is 9.53 Å². The summed E-state index contributed by atoms with van der Waals surface area (Å²) in [6, 6.07) is 20.3. The summed E-state index contributed by atoms with van der Waals surface area (Å²) in [5.41, 5.74) is 5.55. The predicted molar refractivity (Wildman–Crippen MR) is 148 cm³/mol. The van der Waals surface area contributed by atoms with Crippen LogP contribution in [0.25, 0.3) is 0 Å². The first-order valence-electron chi connectivity index (χ1n) is 13.5. The Bertz CT molecular complexity index is 1290. The van der Waals surface area contributed by atoms with Crippen LogP contribution in [0.5, 0.6) is 0 Å². The molecule has 6 heteroatoms. The van der Waals surface area contributed by atoms with Crippen molar-refractivity contribution in [2.75, 3.05) is 37.7 Å². The molecule has 3 heterocycles. The number of aromatic nitrogens is 1. The molecule has 1 aromatic heterocycles. The molecule has 3 aromatic rings. The van der Waals surface area contributed by atoms with Crippen LogP contribution in [-0.2, 0) is 24.1 Å². The van der Waals surface area contributed by atoms with Gasteiger partial charge in [-0.3, -0.25) is 9.59 Å². The minimum absolute atomic E-state index is 0.122. The summed E-state index contributed by atoms with van der Waals surface area (Å²) < 4.78 is 8.12. The highest BCUT2D eigenvalue weighted by Gasteiger charge is 2.29. The smallest absolute Gasteiger partial charge is 0.259 e. The van der Waals surface area contributed by atoms with Gasteiger partial charge >= 0.3 is 0 Å². The Morgan fingerprint density at radius 3 is 2.38 bits per heavy atom. The molecule has 2 aromatic carbocycles. The molecule has 0 radical (unpaired) electrons. The Kier molecular flexibility index (Phi) is 7.75. The number of benzene rings is 2. The number of hydrogen-bond acceptors (Lipinski definition) is 4. The lowest BCUT2D eigenvalue weighted by molar-refractivity contribution is 0.0739. The van der Waals surface area contributed by atoms with Crippen LogP contribution >= 0.6 is 0 Å². The van der Waals surface area contributed by atoms with Crippen LogP contribution in [0.2, 0.25) is 0 Å². The van der Waals surface area contributed by atoms with E-state index < -0.39 is 0 Å². The van der Waals surface area contributed by atoms with E-state index in [4.69, 9.17) is 4.74 Å². The molecule has 0 bridgehead atoms. The van der Waals surface area contributed by atoms with Crippen LogP contribution in [0.1, 0.15) is 45.7 Å². The molecule has 5 rings (SSSR count). The van der Waals surface area contributed by atoms with Gasteiger partial charge in [-0.1, -0.05) is 48.5 Å².